The number of pyridine rings is 1. The van der Waals surface area contributed by atoms with Gasteiger partial charge in [0.2, 0.25) is 0 Å². The van der Waals surface area contributed by atoms with Crippen LogP contribution in [0.25, 0.3) is 21.7 Å². The van der Waals surface area contributed by atoms with Crippen molar-refractivity contribution in [1.82, 2.24) is 4.98 Å². The monoisotopic (exact) mass is 667 g/mol. The van der Waals surface area contributed by atoms with Crippen LogP contribution < -0.4 is 15.9 Å². The van der Waals surface area contributed by atoms with Crippen molar-refractivity contribution in [3.8, 4) is 0 Å². The Hall–Kier alpha value is -2.15. The third-order valence-electron chi connectivity index (χ3n) is 8.17. The Bertz CT molecular complexity index is 1740. The summed E-state index contributed by atoms with van der Waals surface area (Å²) in [6, 6.07) is 28.2. The van der Waals surface area contributed by atoms with Crippen LogP contribution in [-0.4, -0.2) is 4.98 Å². The van der Waals surface area contributed by atoms with E-state index in [1.54, 1.807) is 0 Å². The molecule has 0 saturated carbocycles. The predicted octanol–water partition coefficient (Wildman–Crippen LogP) is 6.22. The summed E-state index contributed by atoms with van der Waals surface area (Å²) in [6.45, 7) is 9.43. The Balaban J connectivity index is 0.00000229. The van der Waals surface area contributed by atoms with Crippen LogP contribution >= 0.6 is 6.04 Å². The van der Waals surface area contributed by atoms with E-state index >= 15 is 0 Å². The van der Waals surface area contributed by atoms with Crippen molar-refractivity contribution < 1.29 is 20.1 Å². The maximum atomic E-state index is 6.90. The molecule has 0 fully saturated rings. The third-order valence-corrected chi connectivity index (χ3v) is 13.1. The van der Waals surface area contributed by atoms with Crippen LogP contribution in [-0.2, 0) is 42.7 Å². The van der Waals surface area contributed by atoms with Crippen LogP contribution in [0.3, 0.4) is 0 Å². The fraction of sp³-hybridized carbons (Fsp3) is 0.194. The smallest absolute Gasteiger partial charge is 0.0161 e. The Labute approximate surface area is 225 Å². The summed E-state index contributed by atoms with van der Waals surface area (Å²) in [5, 5.41) is 7.58. The van der Waals surface area contributed by atoms with Gasteiger partial charge < -0.3 is 4.98 Å². The largest absolute Gasteiger partial charge is 0.304 e. The molecule has 1 aromatic heterocycles. The SMILES string of the molecule is CC1(C)c2[c-]c3c(ccc4cccnc43)c3c2P(=S)(c2ccccc21)c1ccccc1C3(C)C.[Ir]. The van der Waals surface area contributed by atoms with Gasteiger partial charge in [0.05, 0.1) is 0 Å². The molecule has 0 N–H and O–H groups in total. The molecular weight excluding hydrogens is 642 g/mol. The normalized spacial score (nSPS) is 20.5. The van der Waals surface area contributed by atoms with Crippen LogP contribution in [0.1, 0.15) is 49.9 Å². The maximum Gasteiger partial charge on any atom is 0.0161 e. The molecule has 2 aliphatic heterocycles. The van der Waals surface area contributed by atoms with Crippen LogP contribution in [0.15, 0.2) is 79.0 Å². The molecule has 2 aliphatic rings. The fourth-order valence-electron chi connectivity index (χ4n) is 6.51. The van der Waals surface area contributed by atoms with Gasteiger partial charge in [0.15, 0.2) is 0 Å². The van der Waals surface area contributed by atoms with Crippen molar-refractivity contribution in [3.05, 3.63) is 107 Å². The average Bonchev–Trinajstić information content (AvgIpc) is 2.85. The second-order valence-corrected chi connectivity index (χ2v) is 15.0. The topological polar surface area (TPSA) is 12.9 Å². The van der Waals surface area contributed by atoms with E-state index in [1.165, 1.54) is 43.6 Å². The number of hydrogen-bond donors (Lipinski definition) is 0. The van der Waals surface area contributed by atoms with Gasteiger partial charge in [-0.15, -0.1) is 28.0 Å². The first-order valence-electron chi connectivity index (χ1n) is 11.9. The summed E-state index contributed by atoms with van der Waals surface area (Å²) in [6.07, 6.45) is 1.89. The summed E-state index contributed by atoms with van der Waals surface area (Å²) in [7, 11) is 0. The molecule has 7 rings (SSSR count). The average molecular weight is 667 g/mol. The molecule has 0 spiro atoms. The third kappa shape index (κ3) is 2.74. The van der Waals surface area contributed by atoms with Gasteiger partial charge in [-0.05, 0) is 49.5 Å². The summed E-state index contributed by atoms with van der Waals surface area (Å²) in [5.41, 5.74) is 6.00. The van der Waals surface area contributed by atoms with Gasteiger partial charge >= 0.3 is 0 Å². The van der Waals surface area contributed by atoms with Crippen LogP contribution in [0.5, 0.6) is 0 Å². The maximum absolute atomic E-state index is 6.90. The first kappa shape index (κ1) is 23.3. The second kappa shape index (κ2) is 7.43. The number of nitrogens with zero attached hydrogens (tertiary/aromatic N) is 1. The van der Waals surface area contributed by atoms with Crippen molar-refractivity contribution in [2.75, 3.05) is 0 Å². The van der Waals surface area contributed by atoms with Crippen LogP contribution in [0.4, 0.5) is 0 Å². The summed E-state index contributed by atoms with van der Waals surface area (Å²) < 4.78 is 0. The minimum absolute atomic E-state index is 0. The molecule has 4 heteroatoms. The number of fused-ring (bicyclic) bond motifs is 8. The quantitative estimate of drug-likeness (QED) is 0.111. The minimum Gasteiger partial charge on any atom is -0.304 e. The van der Waals surface area contributed by atoms with E-state index in [2.05, 4.69) is 100 Å². The molecule has 0 bridgehead atoms. The van der Waals surface area contributed by atoms with Crippen LogP contribution in [0.2, 0.25) is 0 Å². The Kier molecular flexibility index (Phi) is 4.94. The molecule has 1 atom stereocenters. The molecule has 0 aliphatic carbocycles. The minimum atomic E-state index is -2.26. The van der Waals surface area contributed by atoms with Gasteiger partial charge in [-0.1, -0.05) is 112 Å². The first-order valence-corrected chi connectivity index (χ1v) is 14.7. The number of rotatable bonds is 0. The Morgan fingerprint density at radius 3 is 2.09 bits per heavy atom. The molecule has 1 nitrogen and oxygen atoms in total. The standard InChI is InChI=1S/C31H25NPS.Ir/c1-30(2)22-11-5-7-13-25(22)33(34)26-14-8-6-12-23(26)31(3,4)27-20-16-15-19-10-9-17-32-28(19)21(20)18-24(30)29(27)33;/h5-17H,1-4H3;/q-1;. The number of hydrogen-bond acceptors (Lipinski definition) is 2. The van der Waals surface area contributed by atoms with E-state index in [4.69, 9.17) is 16.8 Å². The van der Waals surface area contributed by atoms with Crippen molar-refractivity contribution >= 4 is 55.4 Å². The molecule has 4 aromatic carbocycles. The molecule has 0 amide bonds. The van der Waals surface area contributed by atoms with Gasteiger partial charge in [-0.3, -0.25) is 0 Å². The van der Waals surface area contributed by atoms with Gasteiger partial charge in [-0.2, -0.15) is 0 Å². The predicted molar refractivity (Wildman–Crippen MR) is 148 cm³/mol. The van der Waals surface area contributed by atoms with Gasteiger partial charge in [0.25, 0.3) is 0 Å². The van der Waals surface area contributed by atoms with Gasteiger partial charge in [-0.25, -0.2) is 0 Å². The van der Waals surface area contributed by atoms with Crippen molar-refractivity contribution in [2.45, 2.75) is 38.5 Å². The van der Waals surface area contributed by atoms with Crippen molar-refractivity contribution in [2.24, 2.45) is 0 Å². The first-order chi connectivity index (χ1) is 16.3. The molecule has 1 unspecified atom stereocenters. The molecule has 175 valence electrons. The zero-order chi connectivity index (χ0) is 23.5. The van der Waals surface area contributed by atoms with Gasteiger partial charge in [0.1, 0.15) is 0 Å². The zero-order valence-corrected chi connectivity index (χ0v) is 24.2. The Morgan fingerprint density at radius 1 is 0.771 bits per heavy atom. The molecule has 1 radical (unpaired) electrons. The zero-order valence-electron chi connectivity index (χ0n) is 20.1. The summed E-state index contributed by atoms with van der Waals surface area (Å²) in [4.78, 5) is 4.82. The molecule has 3 heterocycles. The number of aromatic nitrogens is 1. The van der Waals surface area contributed by atoms with E-state index in [0.29, 0.717) is 0 Å². The van der Waals surface area contributed by atoms with E-state index in [1.807, 2.05) is 12.3 Å². The van der Waals surface area contributed by atoms with Gasteiger partial charge in [0, 0.05) is 32.3 Å². The fourth-order valence-corrected chi connectivity index (χ4v) is 12.1. The molecule has 0 saturated heterocycles. The molecule has 35 heavy (non-hydrogen) atoms. The van der Waals surface area contributed by atoms with E-state index < -0.39 is 6.04 Å². The molecular formula is C31H25IrNPS-. The number of benzene rings is 4. The van der Waals surface area contributed by atoms with Crippen LogP contribution in [0, 0.1) is 6.07 Å². The molecule has 5 aromatic rings. The summed E-state index contributed by atoms with van der Waals surface area (Å²) >= 11 is 6.90. The second-order valence-electron chi connectivity index (χ2n) is 10.7. The van der Waals surface area contributed by atoms with E-state index in [-0.39, 0.29) is 30.9 Å². The van der Waals surface area contributed by atoms with E-state index in [9.17, 15) is 0 Å². The van der Waals surface area contributed by atoms with Crippen molar-refractivity contribution in [1.29, 1.82) is 0 Å². The van der Waals surface area contributed by atoms with Crippen molar-refractivity contribution in [3.63, 3.8) is 0 Å². The summed E-state index contributed by atoms with van der Waals surface area (Å²) in [5.74, 6) is 0. The van der Waals surface area contributed by atoms with E-state index in [0.717, 1.165) is 16.3 Å². The Morgan fingerprint density at radius 2 is 1.40 bits per heavy atom.